The lowest BCUT2D eigenvalue weighted by Crippen LogP contribution is -2.49. The molecule has 128 valence electrons. The number of aromatic nitrogens is 1. The van der Waals surface area contributed by atoms with Crippen LogP contribution in [0.4, 0.5) is 0 Å². The molecule has 0 spiro atoms. The van der Waals surface area contributed by atoms with E-state index in [1.165, 1.54) is 5.56 Å². The Bertz CT molecular complexity index is 965. The third-order valence-electron chi connectivity index (χ3n) is 4.60. The number of benzene rings is 2. The van der Waals surface area contributed by atoms with Gasteiger partial charge in [0.1, 0.15) is 5.75 Å². The predicted octanol–water partition coefficient (Wildman–Crippen LogP) is 2.44. The van der Waals surface area contributed by atoms with Crippen LogP contribution >= 0.6 is 0 Å². The van der Waals surface area contributed by atoms with Gasteiger partial charge < -0.3 is 9.15 Å². The van der Waals surface area contributed by atoms with E-state index in [2.05, 4.69) is 9.88 Å². The second-order valence-electron chi connectivity index (χ2n) is 6.33. The van der Waals surface area contributed by atoms with Gasteiger partial charge in [0.25, 0.3) is 0 Å². The first-order valence-electron chi connectivity index (χ1n) is 8.15. The van der Waals surface area contributed by atoms with E-state index in [0.717, 1.165) is 25.4 Å². The van der Waals surface area contributed by atoms with Crippen molar-refractivity contribution in [1.29, 1.82) is 0 Å². The number of nitrogens with zero attached hydrogens (tertiary/aromatic N) is 1. The molecular weight excluding hydrogens is 320 g/mol. The van der Waals surface area contributed by atoms with Gasteiger partial charge in [-0.3, -0.25) is 14.7 Å². The molecule has 25 heavy (non-hydrogen) atoms. The number of hydrogen-bond donors (Lipinski definition) is 1. The maximum atomic E-state index is 12.6. The van der Waals surface area contributed by atoms with Crippen LogP contribution in [0.15, 0.2) is 51.7 Å². The Kier molecular flexibility index (Phi) is 3.89. The summed E-state index contributed by atoms with van der Waals surface area (Å²) in [7, 11) is 1.65. The third kappa shape index (κ3) is 3.08. The molecular formula is C19H18N2O4. The van der Waals surface area contributed by atoms with Crippen LogP contribution in [0.1, 0.15) is 15.9 Å². The second-order valence-corrected chi connectivity index (χ2v) is 6.33. The maximum absolute atomic E-state index is 12.6. The van der Waals surface area contributed by atoms with Crippen molar-refractivity contribution < 1.29 is 13.9 Å². The molecule has 1 aliphatic rings. The number of carbonyl (C=O) groups is 1. The van der Waals surface area contributed by atoms with Crippen LogP contribution < -0.4 is 10.5 Å². The zero-order valence-electron chi connectivity index (χ0n) is 13.8. The van der Waals surface area contributed by atoms with Gasteiger partial charge in [-0.1, -0.05) is 12.1 Å². The van der Waals surface area contributed by atoms with Gasteiger partial charge in [0.05, 0.1) is 12.6 Å². The van der Waals surface area contributed by atoms with Crippen LogP contribution in [-0.2, 0) is 6.54 Å². The summed E-state index contributed by atoms with van der Waals surface area (Å²) in [6.07, 6.45) is 0. The van der Waals surface area contributed by atoms with Crippen molar-refractivity contribution >= 4 is 16.9 Å². The van der Waals surface area contributed by atoms with Gasteiger partial charge in [-0.25, -0.2) is 4.79 Å². The lowest BCUT2D eigenvalue weighted by Gasteiger charge is -2.38. The summed E-state index contributed by atoms with van der Waals surface area (Å²) in [6.45, 7) is 2.30. The topological polar surface area (TPSA) is 75.5 Å². The summed E-state index contributed by atoms with van der Waals surface area (Å²) < 4.78 is 10.1. The van der Waals surface area contributed by atoms with Crippen molar-refractivity contribution in [1.82, 2.24) is 9.88 Å². The minimum Gasteiger partial charge on any atom is -0.497 e. The summed E-state index contributed by atoms with van der Waals surface area (Å²) in [5.41, 5.74) is 2.84. The number of H-pyrrole nitrogens is 1. The van der Waals surface area contributed by atoms with E-state index in [9.17, 15) is 9.59 Å². The number of ether oxygens (including phenoxy) is 1. The molecule has 0 radical (unpaired) electrons. The smallest absolute Gasteiger partial charge is 0.417 e. The van der Waals surface area contributed by atoms with E-state index in [1.54, 1.807) is 25.3 Å². The van der Waals surface area contributed by atoms with Crippen molar-refractivity contribution in [3.8, 4) is 5.75 Å². The largest absolute Gasteiger partial charge is 0.497 e. The number of hydrogen-bond acceptors (Lipinski definition) is 5. The van der Waals surface area contributed by atoms with E-state index in [0.29, 0.717) is 16.7 Å². The average Bonchev–Trinajstić information content (AvgIpc) is 2.96. The molecule has 3 aromatic rings. The summed E-state index contributed by atoms with van der Waals surface area (Å²) in [4.78, 5) is 28.6. The molecule has 6 nitrogen and oxygen atoms in total. The summed E-state index contributed by atoms with van der Waals surface area (Å²) in [6, 6.07) is 13.0. The Morgan fingerprint density at radius 2 is 2.00 bits per heavy atom. The molecule has 1 fully saturated rings. The number of aromatic amines is 1. The molecule has 0 unspecified atom stereocenters. The predicted molar refractivity (Wildman–Crippen MR) is 92.9 cm³/mol. The first-order valence-corrected chi connectivity index (χ1v) is 8.15. The molecule has 0 aliphatic carbocycles. The van der Waals surface area contributed by atoms with Crippen molar-refractivity contribution in [2.24, 2.45) is 5.92 Å². The lowest BCUT2D eigenvalue weighted by molar-refractivity contribution is 0.0595. The van der Waals surface area contributed by atoms with Crippen LogP contribution in [0.25, 0.3) is 11.1 Å². The van der Waals surface area contributed by atoms with Crippen molar-refractivity contribution in [3.05, 3.63) is 64.1 Å². The minimum atomic E-state index is -0.506. The Morgan fingerprint density at radius 1 is 1.24 bits per heavy atom. The quantitative estimate of drug-likeness (QED) is 0.723. The molecule has 4 rings (SSSR count). The number of rotatable bonds is 5. The molecule has 2 aromatic carbocycles. The van der Waals surface area contributed by atoms with Crippen LogP contribution in [0.3, 0.4) is 0 Å². The van der Waals surface area contributed by atoms with Gasteiger partial charge in [-0.15, -0.1) is 0 Å². The zero-order chi connectivity index (χ0) is 17.4. The average molecular weight is 338 g/mol. The third-order valence-corrected chi connectivity index (χ3v) is 4.60. The Labute approximate surface area is 144 Å². The van der Waals surface area contributed by atoms with Crippen molar-refractivity contribution in [2.45, 2.75) is 6.54 Å². The van der Waals surface area contributed by atoms with E-state index < -0.39 is 5.76 Å². The Balaban J connectivity index is 1.38. The van der Waals surface area contributed by atoms with E-state index in [1.807, 2.05) is 24.3 Å². The number of nitrogens with one attached hydrogen (secondary N) is 1. The molecule has 1 N–H and O–H groups in total. The molecule has 0 saturated carbocycles. The van der Waals surface area contributed by atoms with Gasteiger partial charge in [0, 0.05) is 31.1 Å². The van der Waals surface area contributed by atoms with Crippen LogP contribution in [-0.4, -0.2) is 35.9 Å². The highest BCUT2D eigenvalue weighted by Gasteiger charge is 2.33. The molecule has 0 amide bonds. The monoisotopic (exact) mass is 338 g/mol. The van der Waals surface area contributed by atoms with Crippen LogP contribution in [0.2, 0.25) is 0 Å². The number of likely N-dealkylation sites (tertiary alicyclic amines) is 1. The highest BCUT2D eigenvalue weighted by Crippen LogP contribution is 2.24. The number of carbonyl (C=O) groups excluding carboxylic acids is 1. The second kappa shape index (κ2) is 6.22. The van der Waals surface area contributed by atoms with Gasteiger partial charge >= 0.3 is 5.76 Å². The SMILES string of the molecule is COc1ccc(CN2CC(C(=O)c3ccc4oc(=O)[nH]c4c3)C2)cc1. The summed E-state index contributed by atoms with van der Waals surface area (Å²) >= 11 is 0. The summed E-state index contributed by atoms with van der Waals surface area (Å²) in [5, 5.41) is 0. The van der Waals surface area contributed by atoms with E-state index in [4.69, 9.17) is 9.15 Å². The summed E-state index contributed by atoms with van der Waals surface area (Å²) in [5.74, 6) is 0.436. The Morgan fingerprint density at radius 3 is 2.72 bits per heavy atom. The first-order chi connectivity index (χ1) is 12.1. The fourth-order valence-corrected chi connectivity index (χ4v) is 3.19. The number of oxazole rings is 1. The number of ketones is 1. The fourth-order valence-electron chi connectivity index (χ4n) is 3.19. The fraction of sp³-hybridized carbons (Fsp3) is 0.263. The van der Waals surface area contributed by atoms with Gasteiger partial charge in [0.15, 0.2) is 11.4 Å². The minimum absolute atomic E-state index is 0.00526. The van der Waals surface area contributed by atoms with Crippen molar-refractivity contribution in [3.63, 3.8) is 0 Å². The number of fused-ring (bicyclic) bond motifs is 1. The molecule has 0 bridgehead atoms. The number of methoxy groups -OCH3 is 1. The lowest BCUT2D eigenvalue weighted by atomic mass is 9.90. The molecule has 6 heteroatoms. The molecule has 1 aliphatic heterocycles. The zero-order valence-corrected chi connectivity index (χ0v) is 13.8. The first kappa shape index (κ1) is 15.7. The van der Waals surface area contributed by atoms with E-state index in [-0.39, 0.29) is 11.7 Å². The standard InChI is InChI=1S/C19H18N2O4/c1-24-15-5-2-12(3-6-15)9-21-10-14(11-21)18(22)13-4-7-17-16(8-13)20-19(23)25-17/h2-8,14H,9-11H2,1H3,(H,20,23). The molecule has 1 saturated heterocycles. The van der Waals surface area contributed by atoms with Crippen LogP contribution in [0.5, 0.6) is 5.75 Å². The van der Waals surface area contributed by atoms with Gasteiger partial charge in [-0.2, -0.15) is 0 Å². The van der Waals surface area contributed by atoms with Gasteiger partial charge in [-0.05, 0) is 35.9 Å². The van der Waals surface area contributed by atoms with Gasteiger partial charge in [0.2, 0.25) is 0 Å². The highest BCUT2D eigenvalue weighted by atomic mass is 16.5. The molecule has 2 heterocycles. The Hall–Kier alpha value is -2.86. The highest BCUT2D eigenvalue weighted by molar-refractivity contribution is 6.00. The number of Topliss-reactive ketones (excluding diaryl/α,β-unsaturated/α-hetero) is 1. The maximum Gasteiger partial charge on any atom is 0.417 e. The molecule has 1 aromatic heterocycles. The van der Waals surface area contributed by atoms with E-state index >= 15 is 0 Å². The van der Waals surface area contributed by atoms with Crippen molar-refractivity contribution in [2.75, 3.05) is 20.2 Å². The molecule has 0 atom stereocenters. The van der Waals surface area contributed by atoms with Crippen LogP contribution in [0, 0.1) is 5.92 Å². The normalized spacial score (nSPS) is 15.2.